The number of rotatable bonds is 3. The van der Waals surface area contributed by atoms with Crippen LogP contribution in [0.2, 0.25) is 0 Å². The van der Waals surface area contributed by atoms with Crippen molar-refractivity contribution in [1.82, 2.24) is 15.0 Å². The number of ether oxygens (including phenoxy) is 1. The van der Waals surface area contributed by atoms with Crippen molar-refractivity contribution in [1.29, 1.82) is 0 Å². The lowest BCUT2D eigenvalue weighted by molar-refractivity contribution is 0.196. The number of hydrogen-bond acceptors (Lipinski definition) is 6. The Bertz CT molecular complexity index is 752. The number of nitrogens with zero attached hydrogens (tertiary/aromatic N) is 3. The Hall–Kier alpha value is -2.60. The fourth-order valence-electron chi connectivity index (χ4n) is 2.53. The van der Waals surface area contributed by atoms with Crippen molar-refractivity contribution in [3.63, 3.8) is 0 Å². The molecule has 0 N–H and O–H groups in total. The van der Waals surface area contributed by atoms with Crippen LogP contribution < -0.4 is 4.74 Å². The van der Waals surface area contributed by atoms with Gasteiger partial charge >= 0.3 is 0 Å². The summed E-state index contributed by atoms with van der Waals surface area (Å²) in [6.07, 6.45) is 3.19. The van der Waals surface area contributed by atoms with Crippen LogP contribution in [0, 0.1) is 0 Å². The third-order valence-corrected chi connectivity index (χ3v) is 3.64. The zero-order valence-corrected chi connectivity index (χ0v) is 11.9. The summed E-state index contributed by atoms with van der Waals surface area (Å²) < 4.78 is 16.1. The number of aromatic nitrogens is 2. The highest BCUT2D eigenvalue weighted by Gasteiger charge is 2.18. The number of furan rings is 1. The van der Waals surface area contributed by atoms with Crippen LogP contribution in [0.1, 0.15) is 11.5 Å². The summed E-state index contributed by atoms with van der Waals surface area (Å²) in [5.41, 5.74) is 1.99. The van der Waals surface area contributed by atoms with Gasteiger partial charge in [0, 0.05) is 18.7 Å². The van der Waals surface area contributed by atoms with Crippen molar-refractivity contribution in [2.45, 2.75) is 13.1 Å². The Morgan fingerprint density at radius 1 is 1.18 bits per heavy atom. The van der Waals surface area contributed by atoms with E-state index in [1.807, 2.05) is 24.3 Å². The van der Waals surface area contributed by atoms with Gasteiger partial charge in [-0.05, 0) is 12.1 Å². The van der Waals surface area contributed by atoms with Gasteiger partial charge in [-0.1, -0.05) is 23.4 Å². The molecule has 0 saturated carbocycles. The molecule has 6 heteroatoms. The first-order valence-corrected chi connectivity index (χ1v) is 7.17. The lowest BCUT2D eigenvalue weighted by Crippen LogP contribution is -2.25. The third-order valence-electron chi connectivity index (χ3n) is 3.64. The van der Waals surface area contributed by atoms with E-state index in [0.717, 1.165) is 24.4 Å². The van der Waals surface area contributed by atoms with Crippen LogP contribution in [-0.4, -0.2) is 28.2 Å². The number of hydrogen-bond donors (Lipinski definition) is 0. The molecule has 0 bridgehead atoms. The van der Waals surface area contributed by atoms with Crippen molar-refractivity contribution in [2.24, 2.45) is 0 Å². The molecule has 1 aliphatic heterocycles. The molecule has 3 heterocycles. The Labute approximate surface area is 127 Å². The molecule has 22 heavy (non-hydrogen) atoms. The summed E-state index contributed by atoms with van der Waals surface area (Å²) in [5.74, 6) is 2.10. The van der Waals surface area contributed by atoms with Crippen LogP contribution in [0.4, 0.5) is 0 Å². The Balaban J connectivity index is 1.50. The van der Waals surface area contributed by atoms with Crippen molar-refractivity contribution >= 4 is 0 Å². The Morgan fingerprint density at radius 3 is 3.05 bits per heavy atom. The second-order valence-corrected chi connectivity index (χ2v) is 5.19. The highest BCUT2D eigenvalue weighted by molar-refractivity contribution is 5.51. The number of benzene rings is 1. The van der Waals surface area contributed by atoms with Gasteiger partial charge in [0.15, 0.2) is 0 Å². The first-order valence-electron chi connectivity index (χ1n) is 7.17. The molecule has 0 saturated heterocycles. The summed E-state index contributed by atoms with van der Waals surface area (Å²) >= 11 is 0. The first kappa shape index (κ1) is 13.1. The van der Waals surface area contributed by atoms with E-state index in [1.165, 1.54) is 5.56 Å². The normalized spacial score (nSPS) is 15.1. The molecular formula is C16H15N3O3. The number of fused-ring (bicyclic) bond motifs is 1. The van der Waals surface area contributed by atoms with E-state index in [4.69, 9.17) is 13.7 Å². The van der Waals surface area contributed by atoms with Gasteiger partial charge in [0.1, 0.15) is 18.6 Å². The molecule has 4 rings (SSSR count). The largest absolute Gasteiger partial charge is 0.492 e. The van der Waals surface area contributed by atoms with E-state index in [0.29, 0.717) is 24.9 Å². The standard InChI is InChI=1S/C16H15N3O3/c1-2-4-14-12(3-1)9-19(6-8-21-14)10-15-17-16(18-22-15)13-5-7-20-11-13/h1-5,7,11H,6,8-10H2. The monoisotopic (exact) mass is 297 g/mol. The second-order valence-electron chi connectivity index (χ2n) is 5.19. The zero-order chi connectivity index (χ0) is 14.8. The fourth-order valence-corrected chi connectivity index (χ4v) is 2.53. The van der Waals surface area contributed by atoms with Gasteiger partial charge in [0.25, 0.3) is 0 Å². The van der Waals surface area contributed by atoms with Crippen LogP contribution in [0.15, 0.2) is 51.8 Å². The maximum absolute atomic E-state index is 5.76. The fraction of sp³-hybridized carbons (Fsp3) is 0.250. The molecule has 112 valence electrons. The summed E-state index contributed by atoms with van der Waals surface area (Å²) in [7, 11) is 0. The van der Waals surface area contributed by atoms with Gasteiger partial charge in [-0.2, -0.15) is 4.98 Å². The maximum Gasteiger partial charge on any atom is 0.241 e. The quantitative estimate of drug-likeness (QED) is 0.740. The minimum absolute atomic E-state index is 0.551. The van der Waals surface area contributed by atoms with Gasteiger partial charge in [-0.25, -0.2) is 0 Å². The summed E-state index contributed by atoms with van der Waals surface area (Å²) in [4.78, 5) is 6.65. The van der Waals surface area contributed by atoms with Crippen molar-refractivity contribution in [3.05, 3.63) is 54.3 Å². The highest BCUT2D eigenvalue weighted by atomic mass is 16.5. The van der Waals surface area contributed by atoms with Gasteiger partial charge < -0.3 is 13.7 Å². The predicted octanol–water partition coefficient (Wildman–Crippen LogP) is 2.72. The SMILES string of the molecule is c1ccc2c(c1)CN(Cc1nc(-c3ccoc3)no1)CCO2. The molecule has 3 aromatic rings. The molecule has 1 aliphatic rings. The van der Waals surface area contributed by atoms with E-state index in [2.05, 4.69) is 21.1 Å². The molecule has 0 unspecified atom stereocenters. The molecule has 0 radical (unpaired) electrons. The minimum atomic E-state index is 0.551. The van der Waals surface area contributed by atoms with E-state index >= 15 is 0 Å². The van der Waals surface area contributed by atoms with E-state index in [9.17, 15) is 0 Å². The predicted molar refractivity (Wildman–Crippen MR) is 78.1 cm³/mol. The van der Waals surface area contributed by atoms with E-state index in [1.54, 1.807) is 12.5 Å². The van der Waals surface area contributed by atoms with Gasteiger partial charge in [-0.3, -0.25) is 4.90 Å². The molecule has 0 amide bonds. The minimum Gasteiger partial charge on any atom is -0.492 e. The van der Waals surface area contributed by atoms with E-state index in [-0.39, 0.29) is 0 Å². The number of para-hydroxylation sites is 1. The molecule has 0 fully saturated rings. The van der Waals surface area contributed by atoms with Crippen LogP contribution in [-0.2, 0) is 13.1 Å². The molecule has 2 aromatic heterocycles. The second kappa shape index (κ2) is 5.65. The van der Waals surface area contributed by atoms with Crippen molar-refractivity contribution in [3.8, 4) is 17.1 Å². The van der Waals surface area contributed by atoms with Gasteiger partial charge in [-0.15, -0.1) is 0 Å². The molecule has 1 aromatic carbocycles. The topological polar surface area (TPSA) is 64.5 Å². The molecular weight excluding hydrogens is 282 g/mol. The lowest BCUT2D eigenvalue weighted by atomic mass is 10.2. The Morgan fingerprint density at radius 2 is 2.14 bits per heavy atom. The van der Waals surface area contributed by atoms with Crippen LogP contribution in [0.5, 0.6) is 5.75 Å². The van der Waals surface area contributed by atoms with Gasteiger partial charge in [0.05, 0.1) is 18.4 Å². The summed E-state index contributed by atoms with van der Waals surface area (Å²) in [6, 6.07) is 9.91. The van der Waals surface area contributed by atoms with Crippen molar-refractivity contribution in [2.75, 3.05) is 13.2 Å². The lowest BCUT2D eigenvalue weighted by Gasteiger charge is -2.16. The van der Waals surface area contributed by atoms with Crippen LogP contribution in [0.3, 0.4) is 0 Å². The average Bonchev–Trinajstić information content (AvgIpc) is 3.16. The molecule has 6 nitrogen and oxygen atoms in total. The molecule has 0 atom stereocenters. The zero-order valence-electron chi connectivity index (χ0n) is 11.9. The maximum atomic E-state index is 5.76. The first-order chi connectivity index (χ1) is 10.9. The van der Waals surface area contributed by atoms with Crippen LogP contribution >= 0.6 is 0 Å². The molecule has 0 spiro atoms. The summed E-state index contributed by atoms with van der Waals surface area (Å²) in [5, 5.41) is 3.99. The Kier molecular flexibility index (Phi) is 3.36. The molecule has 0 aliphatic carbocycles. The third kappa shape index (κ3) is 2.60. The summed E-state index contributed by atoms with van der Waals surface area (Å²) in [6.45, 7) is 2.87. The van der Waals surface area contributed by atoms with E-state index < -0.39 is 0 Å². The van der Waals surface area contributed by atoms with Crippen molar-refractivity contribution < 1.29 is 13.7 Å². The average molecular weight is 297 g/mol. The van der Waals surface area contributed by atoms with Gasteiger partial charge in [0.2, 0.25) is 11.7 Å². The smallest absolute Gasteiger partial charge is 0.241 e. The van der Waals surface area contributed by atoms with Crippen LogP contribution in [0.25, 0.3) is 11.4 Å². The highest BCUT2D eigenvalue weighted by Crippen LogP contribution is 2.23.